The fraction of sp³-hybridized carbons (Fsp3) is 0.222. The molecule has 3 nitrogen and oxygen atoms in total. The van der Waals surface area contributed by atoms with Crippen molar-refractivity contribution in [1.29, 1.82) is 0 Å². The number of para-hydroxylation sites is 2. The van der Waals surface area contributed by atoms with Crippen LogP contribution in [0.1, 0.15) is 20.8 Å². The van der Waals surface area contributed by atoms with E-state index < -0.39 is 10.9 Å². The molecular weight excluding hydrogens is 262 g/mol. The van der Waals surface area contributed by atoms with Gasteiger partial charge in [0.05, 0.1) is 11.0 Å². The molecule has 0 aliphatic heterocycles. The lowest BCUT2D eigenvalue weighted by Crippen LogP contribution is -2.22. The zero-order valence-electron chi connectivity index (χ0n) is 12.4. The van der Waals surface area contributed by atoms with Gasteiger partial charge in [0.15, 0.2) is 0 Å². The van der Waals surface area contributed by atoms with Crippen molar-refractivity contribution in [2.45, 2.75) is 26.3 Å². The van der Waals surface area contributed by atoms with E-state index in [-0.39, 0.29) is 5.54 Å². The van der Waals surface area contributed by atoms with Crippen molar-refractivity contribution in [2.24, 2.45) is 0 Å². The summed E-state index contributed by atoms with van der Waals surface area (Å²) < 4.78 is 2.07. The molecule has 0 unspecified atom stereocenters. The monoisotopic (exact) mass is 279 g/mol. The minimum atomic E-state index is -0.440. The Labute approximate surface area is 122 Å². The van der Waals surface area contributed by atoms with Crippen molar-refractivity contribution in [1.82, 2.24) is 4.57 Å². The molecule has 1 heterocycles. The molecule has 3 aromatic rings. The predicted molar refractivity (Wildman–Crippen MR) is 87.0 cm³/mol. The summed E-state index contributed by atoms with van der Waals surface area (Å²) in [4.78, 5) is 25.0. The van der Waals surface area contributed by atoms with Gasteiger partial charge in [-0.05, 0) is 45.0 Å². The maximum atomic E-state index is 12.5. The first kappa shape index (κ1) is 13.6. The Morgan fingerprint density at radius 3 is 1.48 bits per heavy atom. The highest BCUT2D eigenvalue weighted by Crippen LogP contribution is 2.24. The molecule has 3 heteroatoms. The number of rotatable bonds is 0. The number of aromatic nitrogens is 1. The summed E-state index contributed by atoms with van der Waals surface area (Å²) in [5, 5.41) is 0.933. The first-order valence-corrected chi connectivity index (χ1v) is 6.98. The van der Waals surface area contributed by atoms with Gasteiger partial charge in [0.25, 0.3) is 0 Å². The lowest BCUT2D eigenvalue weighted by molar-refractivity contribution is 0.422. The summed E-state index contributed by atoms with van der Waals surface area (Å²) in [6.45, 7) is 6.21. The SMILES string of the molecule is CC(C)(C)n1c2ccccc2c(=O)c(=O)c2ccccc21. The topological polar surface area (TPSA) is 39.1 Å². The van der Waals surface area contributed by atoms with E-state index in [1.54, 1.807) is 24.3 Å². The fourth-order valence-corrected chi connectivity index (χ4v) is 2.82. The van der Waals surface area contributed by atoms with E-state index >= 15 is 0 Å². The molecule has 1 aromatic heterocycles. The van der Waals surface area contributed by atoms with Crippen LogP contribution in [-0.4, -0.2) is 4.57 Å². The van der Waals surface area contributed by atoms with E-state index in [2.05, 4.69) is 25.3 Å². The maximum Gasteiger partial charge on any atom is 0.235 e. The van der Waals surface area contributed by atoms with Crippen LogP contribution in [0.5, 0.6) is 0 Å². The van der Waals surface area contributed by atoms with Crippen LogP contribution in [0.3, 0.4) is 0 Å². The molecular formula is C18H17NO2. The Kier molecular flexibility index (Phi) is 2.94. The highest BCUT2D eigenvalue weighted by atomic mass is 16.2. The zero-order valence-corrected chi connectivity index (χ0v) is 12.4. The van der Waals surface area contributed by atoms with Gasteiger partial charge in [0.1, 0.15) is 0 Å². The summed E-state index contributed by atoms with van der Waals surface area (Å²) in [5.41, 5.74) is 0.438. The second-order valence-corrected chi connectivity index (χ2v) is 6.20. The van der Waals surface area contributed by atoms with Crippen LogP contribution in [0.4, 0.5) is 0 Å². The number of nitrogens with zero attached hydrogens (tertiary/aromatic N) is 1. The first-order valence-electron chi connectivity index (χ1n) is 6.98. The molecule has 0 amide bonds. The highest BCUT2D eigenvalue weighted by molar-refractivity contribution is 5.88. The predicted octanol–water partition coefficient (Wildman–Crippen LogP) is 3.27. The van der Waals surface area contributed by atoms with E-state index in [4.69, 9.17) is 0 Å². The van der Waals surface area contributed by atoms with Crippen LogP contribution in [0.25, 0.3) is 21.8 Å². The largest absolute Gasteiger partial charge is 0.335 e. The molecule has 106 valence electrons. The van der Waals surface area contributed by atoms with Gasteiger partial charge in [-0.15, -0.1) is 0 Å². The Morgan fingerprint density at radius 2 is 1.10 bits per heavy atom. The minimum absolute atomic E-state index is 0.253. The third-order valence-corrected chi connectivity index (χ3v) is 3.66. The third-order valence-electron chi connectivity index (χ3n) is 3.66. The van der Waals surface area contributed by atoms with Crippen LogP contribution in [0.15, 0.2) is 58.1 Å². The Hall–Kier alpha value is -2.42. The van der Waals surface area contributed by atoms with Crippen molar-refractivity contribution in [3.63, 3.8) is 0 Å². The van der Waals surface area contributed by atoms with Gasteiger partial charge in [0.2, 0.25) is 10.9 Å². The van der Waals surface area contributed by atoms with E-state index in [9.17, 15) is 9.59 Å². The van der Waals surface area contributed by atoms with Gasteiger partial charge in [-0.25, -0.2) is 0 Å². The number of fused-ring (bicyclic) bond motifs is 2. The number of hydrogen-bond acceptors (Lipinski definition) is 2. The molecule has 0 saturated carbocycles. The van der Waals surface area contributed by atoms with Gasteiger partial charge in [-0.3, -0.25) is 9.59 Å². The molecule has 0 saturated heterocycles. The Balaban J connectivity index is 2.83. The quantitative estimate of drug-likeness (QED) is 0.592. The molecule has 0 radical (unpaired) electrons. The van der Waals surface area contributed by atoms with Gasteiger partial charge >= 0.3 is 0 Å². The Bertz CT molecular complexity index is 890. The van der Waals surface area contributed by atoms with Gasteiger partial charge in [-0.2, -0.15) is 0 Å². The average molecular weight is 279 g/mol. The minimum Gasteiger partial charge on any atom is -0.335 e. The van der Waals surface area contributed by atoms with Crippen molar-refractivity contribution < 1.29 is 0 Å². The average Bonchev–Trinajstić information content (AvgIpc) is 2.54. The summed E-state index contributed by atoms with van der Waals surface area (Å²) in [6.07, 6.45) is 0. The van der Waals surface area contributed by atoms with E-state index in [1.807, 2.05) is 24.3 Å². The van der Waals surface area contributed by atoms with Crippen LogP contribution in [0.2, 0.25) is 0 Å². The standard InChI is InChI=1S/C18H17NO2/c1-18(2,3)19-14-10-6-4-8-12(14)16(20)17(21)13-9-5-7-11-15(13)19/h4-11H,1-3H3. The van der Waals surface area contributed by atoms with E-state index in [0.29, 0.717) is 10.8 Å². The molecule has 0 aliphatic carbocycles. The summed E-state index contributed by atoms with van der Waals surface area (Å²) in [6, 6.07) is 14.6. The summed E-state index contributed by atoms with van der Waals surface area (Å²) in [5.74, 6) is 0. The highest BCUT2D eigenvalue weighted by Gasteiger charge is 2.19. The lowest BCUT2D eigenvalue weighted by atomic mass is 10.1. The summed E-state index contributed by atoms with van der Waals surface area (Å²) in [7, 11) is 0. The smallest absolute Gasteiger partial charge is 0.235 e. The second-order valence-electron chi connectivity index (χ2n) is 6.20. The molecule has 0 spiro atoms. The molecule has 0 fully saturated rings. The summed E-state index contributed by atoms with van der Waals surface area (Å²) >= 11 is 0. The normalized spacial score (nSPS) is 12.0. The second kappa shape index (κ2) is 4.55. The van der Waals surface area contributed by atoms with Crippen molar-refractivity contribution in [3.8, 4) is 0 Å². The molecule has 0 bridgehead atoms. The van der Waals surface area contributed by atoms with Gasteiger partial charge in [0, 0.05) is 16.3 Å². The molecule has 0 aliphatic rings. The lowest BCUT2D eigenvalue weighted by Gasteiger charge is -2.26. The van der Waals surface area contributed by atoms with E-state index in [0.717, 1.165) is 11.0 Å². The van der Waals surface area contributed by atoms with Crippen LogP contribution < -0.4 is 10.9 Å². The number of benzene rings is 2. The zero-order chi connectivity index (χ0) is 15.2. The van der Waals surface area contributed by atoms with Crippen molar-refractivity contribution in [2.75, 3.05) is 0 Å². The molecule has 21 heavy (non-hydrogen) atoms. The van der Waals surface area contributed by atoms with Crippen molar-refractivity contribution >= 4 is 21.8 Å². The van der Waals surface area contributed by atoms with Crippen LogP contribution >= 0.6 is 0 Å². The van der Waals surface area contributed by atoms with Crippen LogP contribution in [0, 0.1) is 0 Å². The molecule has 0 N–H and O–H groups in total. The third kappa shape index (κ3) is 2.05. The molecule has 0 atom stereocenters. The molecule has 3 rings (SSSR count). The number of hydrogen-bond donors (Lipinski definition) is 0. The van der Waals surface area contributed by atoms with Gasteiger partial charge < -0.3 is 4.57 Å². The van der Waals surface area contributed by atoms with Crippen molar-refractivity contribution in [3.05, 3.63) is 69.0 Å². The first-order chi connectivity index (χ1) is 9.91. The van der Waals surface area contributed by atoms with Gasteiger partial charge in [-0.1, -0.05) is 24.3 Å². The van der Waals surface area contributed by atoms with Crippen LogP contribution in [-0.2, 0) is 5.54 Å². The molecule has 2 aromatic carbocycles. The maximum absolute atomic E-state index is 12.5. The fourth-order valence-electron chi connectivity index (χ4n) is 2.82. The van der Waals surface area contributed by atoms with E-state index in [1.165, 1.54) is 0 Å². The Morgan fingerprint density at radius 1 is 0.714 bits per heavy atom.